The number of fused-ring (bicyclic) bond motifs is 1. The number of hydrogen-bond donors (Lipinski definition) is 7. The second kappa shape index (κ2) is 26.5. The maximum atomic E-state index is 12.7. The molecule has 2 aromatic heterocycles. The molecule has 2 heterocycles. The van der Waals surface area contributed by atoms with Crippen molar-refractivity contribution in [2.45, 2.75) is 31.8 Å². The van der Waals surface area contributed by atoms with Crippen molar-refractivity contribution >= 4 is 46.5 Å². The Balaban J connectivity index is 1.16. The maximum absolute atomic E-state index is 12.7. The van der Waals surface area contributed by atoms with Crippen molar-refractivity contribution in [3.05, 3.63) is 52.1 Å². The number of carbonyl (C=O) groups is 4. The Morgan fingerprint density at radius 1 is 0.786 bits per heavy atom. The molecule has 1 aromatic carbocycles. The fraction of sp³-hybridized carbons (Fsp3) is 0.543. The standard InChI is InChI=1S/C35H51N9O12/c1-37-28(45)8-10-51-12-14-53-16-18-55-20-21-56-19-17-54-15-13-52-11-9-38-29(46)7-6-27(34(49)50)42-32(47)24-2-4-25(5-3-24)39-22-26-23-40-31-30(41-26)33(48)44-35(36)43-31/h2-5,23,27,39H,6-22H2,1H3,(H,37,45)(H,38,46)(H,42,47)(H,49,50)(H3,36,40,43,44,48)/t27-/m0/s1. The molecule has 3 amide bonds. The molecule has 0 fully saturated rings. The number of rotatable bonds is 30. The summed E-state index contributed by atoms with van der Waals surface area (Å²) in [5, 5.41) is 20.3. The first-order valence-electron chi connectivity index (χ1n) is 18.0. The van der Waals surface area contributed by atoms with E-state index in [1.807, 2.05) is 0 Å². The van der Waals surface area contributed by atoms with Crippen LogP contribution in [-0.2, 0) is 49.3 Å². The average Bonchev–Trinajstić information content (AvgIpc) is 3.19. The van der Waals surface area contributed by atoms with Crippen molar-refractivity contribution in [3.8, 4) is 0 Å². The van der Waals surface area contributed by atoms with E-state index in [2.05, 4.69) is 41.2 Å². The Bertz CT molecular complexity index is 1710. The zero-order chi connectivity index (χ0) is 40.4. The van der Waals surface area contributed by atoms with Gasteiger partial charge in [0.2, 0.25) is 17.8 Å². The number of carbonyl (C=O) groups excluding carboxylic acids is 3. The Hall–Kier alpha value is -5.32. The fourth-order valence-electron chi connectivity index (χ4n) is 4.61. The van der Waals surface area contributed by atoms with E-state index in [4.69, 9.17) is 34.2 Å². The number of aromatic nitrogens is 4. The highest BCUT2D eigenvalue weighted by Crippen LogP contribution is 2.12. The second-order valence-corrected chi connectivity index (χ2v) is 11.8. The van der Waals surface area contributed by atoms with Gasteiger partial charge < -0.3 is 60.5 Å². The van der Waals surface area contributed by atoms with Gasteiger partial charge in [0.25, 0.3) is 11.5 Å². The van der Waals surface area contributed by atoms with Crippen LogP contribution in [0.1, 0.15) is 35.3 Å². The van der Waals surface area contributed by atoms with Crippen molar-refractivity contribution in [1.29, 1.82) is 0 Å². The van der Waals surface area contributed by atoms with E-state index in [1.54, 1.807) is 19.2 Å². The number of H-pyrrole nitrogens is 1. The van der Waals surface area contributed by atoms with Gasteiger partial charge in [-0.25, -0.2) is 14.8 Å². The molecule has 0 aliphatic rings. The van der Waals surface area contributed by atoms with Gasteiger partial charge in [0, 0.05) is 37.7 Å². The lowest BCUT2D eigenvalue weighted by atomic mass is 10.1. The molecule has 56 heavy (non-hydrogen) atoms. The van der Waals surface area contributed by atoms with E-state index in [9.17, 15) is 29.1 Å². The summed E-state index contributed by atoms with van der Waals surface area (Å²) in [6, 6.07) is 5.01. The summed E-state index contributed by atoms with van der Waals surface area (Å²) >= 11 is 0. The number of anilines is 2. The number of aliphatic carboxylic acids is 1. The molecule has 0 aliphatic carbocycles. The molecule has 0 spiro atoms. The molecule has 3 rings (SSSR count). The van der Waals surface area contributed by atoms with Crippen LogP contribution in [0.5, 0.6) is 0 Å². The molecular formula is C35H51N9O12. The van der Waals surface area contributed by atoms with Gasteiger partial charge in [-0.2, -0.15) is 4.98 Å². The summed E-state index contributed by atoms with van der Waals surface area (Å²) in [6.07, 6.45) is 1.55. The Morgan fingerprint density at radius 3 is 1.93 bits per heavy atom. The van der Waals surface area contributed by atoms with Crippen LogP contribution in [0.15, 0.2) is 35.3 Å². The number of nitrogens with two attached hydrogens (primary N) is 1. The molecule has 0 saturated heterocycles. The van der Waals surface area contributed by atoms with Gasteiger partial charge in [0.1, 0.15) is 6.04 Å². The third-order valence-electron chi connectivity index (χ3n) is 7.55. The first kappa shape index (κ1) is 45.1. The topological polar surface area (TPSA) is 290 Å². The molecule has 0 saturated carbocycles. The number of amides is 3. The van der Waals surface area contributed by atoms with Crippen LogP contribution in [0.4, 0.5) is 11.6 Å². The zero-order valence-corrected chi connectivity index (χ0v) is 31.3. The van der Waals surface area contributed by atoms with Crippen molar-refractivity contribution in [2.75, 3.05) is 104 Å². The molecule has 8 N–H and O–H groups in total. The summed E-state index contributed by atoms with van der Waals surface area (Å²) < 4.78 is 32.4. The molecule has 1 atom stereocenters. The number of carboxylic acid groups (broad SMARTS) is 1. The Labute approximate surface area is 322 Å². The van der Waals surface area contributed by atoms with Gasteiger partial charge in [-0.05, 0) is 30.7 Å². The highest BCUT2D eigenvalue weighted by atomic mass is 16.6. The van der Waals surface area contributed by atoms with Gasteiger partial charge in [-0.3, -0.25) is 24.2 Å². The van der Waals surface area contributed by atoms with Crippen molar-refractivity contribution in [3.63, 3.8) is 0 Å². The molecule has 21 heteroatoms. The summed E-state index contributed by atoms with van der Waals surface area (Å²) in [6.45, 7) is 5.04. The number of nitrogens with one attached hydrogen (secondary N) is 5. The number of hydrogen-bond acceptors (Lipinski definition) is 16. The van der Waals surface area contributed by atoms with Crippen LogP contribution < -0.4 is 32.6 Å². The summed E-state index contributed by atoms with van der Waals surface area (Å²) in [5.41, 5.74) is 6.53. The predicted molar refractivity (Wildman–Crippen MR) is 201 cm³/mol. The van der Waals surface area contributed by atoms with E-state index in [0.717, 1.165) is 0 Å². The lowest BCUT2D eigenvalue weighted by molar-refractivity contribution is -0.139. The summed E-state index contributed by atoms with van der Waals surface area (Å²) in [5.74, 6) is -2.38. The smallest absolute Gasteiger partial charge is 0.326 e. The summed E-state index contributed by atoms with van der Waals surface area (Å²) in [4.78, 5) is 74.6. The minimum atomic E-state index is -1.28. The fourth-order valence-corrected chi connectivity index (χ4v) is 4.61. The first-order valence-corrected chi connectivity index (χ1v) is 18.0. The quantitative estimate of drug-likeness (QED) is 0.0408. The van der Waals surface area contributed by atoms with Crippen LogP contribution in [0.2, 0.25) is 0 Å². The Morgan fingerprint density at radius 2 is 1.36 bits per heavy atom. The van der Waals surface area contributed by atoms with Gasteiger partial charge in [-0.15, -0.1) is 0 Å². The van der Waals surface area contributed by atoms with Crippen LogP contribution in [0.25, 0.3) is 11.2 Å². The second-order valence-electron chi connectivity index (χ2n) is 11.8. The molecule has 3 aromatic rings. The van der Waals surface area contributed by atoms with Crippen LogP contribution in [0, 0.1) is 0 Å². The minimum Gasteiger partial charge on any atom is -0.480 e. The lowest BCUT2D eigenvalue weighted by Gasteiger charge is -2.15. The predicted octanol–water partition coefficient (Wildman–Crippen LogP) is -0.777. The molecule has 21 nitrogen and oxygen atoms in total. The third kappa shape index (κ3) is 18.3. The average molecular weight is 790 g/mol. The van der Waals surface area contributed by atoms with E-state index >= 15 is 0 Å². The number of nitrogen functional groups attached to an aromatic ring is 1. The van der Waals surface area contributed by atoms with E-state index in [0.29, 0.717) is 90.5 Å². The highest BCUT2D eigenvalue weighted by molar-refractivity contribution is 5.97. The number of aromatic amines is 1. The molecule has 0 aliphatic heterocycles. The third-order valence-corrected chi connectivity index (χ3v) is 7.55. The number of ether oxygens (including phenoxy) is 6. The molecule has 0 unspecified atom stereocenters. The normalized spacial score (nSPS) is 11.6. The van der Waals surface area contributed by atoms with Crippen LogP contribution >= 0.6 is 0 Å². The molecule has 308 valence electrons. The maximum Gasteiger partial charge on any atom is 0.326 e. The van der Waals surface area contributed by atoms with Gasteiger partial charge >= 0.3 is 5.97 Å². The number of nitrogens with zero attached hydrogens (tertiary/aromatic N) is 3. The lowest BCUT2D eigenvalue weighted by Crippen LogP contribution is -2.41. The van der Waals surface area contributed by atoms with E-state index in [1.165, 1.54) is 18.3 Å². The van der Waals surface area contributed by atoms with Crippen molar-refractivity contribution in [1.82, 2.24) is 35.9 Å². The molecule has 0 bridgehead atoms. The Kier molecular flexibility index (Phi) is 21.3. The van der Waals surface area contributed by atoms with Crippen molar-refractivity contribution < 1.29 is 52.7 Å². The number of benzene rings is 1. The minimum absolute atomic E-state index is 0.0523. The van der Waals surface area contributed by atoms with Gasteiger partial charge in [0.15, 0.2) is 11.2 Å². The van der Waals surface area contributed by atoms with Crippen molar-refractivity contribution in [2.24, 2.45) is 0 Å². The zero-order valence-electron chi connectivity index (χ0n) is 31.3. The molecule has 0 radical (unpaired) electrons. The first-order chi connectivity index (χ1) is 27.2. The van der Waals surface area contributed by atoms with E-state index in [-0.39, 0.29) is 67.0 Å². The number of carboxylic acids is 1. The highest BCUT2D eigenvalue weighted by Gasteiger charge is 2.22. The molecular weight excluding hydrogens is 738 g/mol. The van der Waals surface area contributed by atoms with Crippen LogP contribution in [-0.4, -0.2) is 148 Å². The van der Waals surface area contributed by atoms with E-state index < -0.39 is 23.5 Å². The largest absolute Gasteiger partial charge is 0.480 e. The SMILES string of the molecule is CNC(=O)CCOCCOCCOCCOCCOCCOCCNC(=O)CC[C@H](NC(=O)c1ccc(NCc2cnc3nc(N)[nH]c(=O)c3n2)cc1)C(=O)O. The van der Waals surface area contributed by atoms with Gasteiger partial charge in [0.05, 0.1) is 97.7 Å². The monoisotopic (exact) mass is 789 g/mol. The summed E-state index contributed by atoms with van der Waals surface area (Å²) in [7, 11) is 1.58. The van der Waals surface area contributed by atoms with Crippen LogP contribution in [0.3, 0.4) is 0 Å². The van der Waals surface area contributed by atoms with Gasteiger partial charge in [-0.1, -0.05) is 0 Å².